The fourth-order valence-corrected chi connectivity index (χ4v) is 2.89. The first-order valence-electron chi connectivity index (χ1n) is 4.63. The Morgan fingerprint density at radius 2 is 2.36 bits per heavy atom. The largest absolute Gasteiger partial charge is 0.380 e. The van der Waals surface area contributed by atoms with Gasteiger partial charge >= 0.3 is 0 Å². The minimum atomic E-state index is -0.274. The average molecular weight is 278 g/mol. The molecule has 0 aliphatic heterocycles. The number of halogens is 1. The van der Waals surface area contributed by atoms with Crippen molar-refractivity contribution < 1.29 is 4.74 Å². The molecule has 0 bridgehead atoms. The predicted molar refractivity (Wildman–Crippen MR) is 64.8 cm³/mol. The van der Waals surface area contributed by atoms with Crippen LogP contribution in [0.1, 0.15) is 18.7 Å². The van der Waals surface area contributed by atoms with E-state index >= 15 is 0 Å². The second-order valence-corrected chi connectivity index (χ2v) is 5.51. The van der Waals surface area contributed by atoms with Gasteiger partial charge in [-0.05, 0) is 41.2 Å². The molecular weight excluding hydrogens is 262 g/mol. The molecule has 0 radical (unpaired) electrons. The zero-order chi connectivity index (χ0) is 10.6. The van der Waals surface area contributed by atoms with Crippen molar-refractivity contribution >= 4 is 27.3 Å². The third-order valence-electron chi connectivity index (χ3n) is 1.89. The van der Waals surface area contributed by atoms with E-state index in [-0.39, 0.29) is 5.54 Å². The van der Waals surface area contributed by atoms with Gasteiger partial charge in [-0.15, -0.1) is 11.3 Å². The maximum Gasteiger partial charge on any atom is 0.0646 e. The van der Waals surface area contributed by atoms with Gasteiger partial charge in [0, 0.05) is 27.9 Å². The summed E-state index contributed by atoms with van der Waals surface area (Å²) >= 11 is 5.23. The van der Waals surface area contributed by atoms with Crippen molar-refractivity contribution in [2.45, 2.75) is 25.8 Å². The lowest BCUT2D eigenvalue weighted by Gasteiger charge is -2.23. The molecular formula is C10H16BrNOS. The molecule has 1 atom stereocenters. The van der Waals surface area contributed by atoms with Gasteiger partial charge < -0.3 is 10.5 Å². The lowest BCUT2D eigenvalue weighted by atomic mass is 10.00. The van der Waals surface area contributed by atoms with Crippen molar-refractivity contribution in [1.29, 1.82) is 0 Å². The summed E-state index contributed by atoms with van der Waals surface area (Å²) in [7, 11) is 0. The highest BCUT2D eigenvalue weighted by Crippen LogP contribution is 2.26. The van der Waals surface area contributed by atoms with Crippen LogP contribution in [0.3, 0.4) is 0 Å². The second-order valence-electron chi connectivity index (χ2n) is 3.66. The smallest absolute Gasteiger partial charge is 0.0646 e. The Morgan fingerprint density at radius 1 is 1.64 bits per heavy atom. The first-order chi connectivity index (χ1) is 6.55. The summed E-state index contributed by atoms with van der Waals surface area (Å²) < 4.78 is 6.50. The normalized spacial score (nSPS) is 15.4. The van der Waals surface area contributed by atoms with Gasteiger partial charge in [-0.3, -0.25) is 0 Å². The van der Waals surface area contributed by atoms with E-state index in [1.807, 2.05) is 13.8 Å². The van der Waals surface area contributed by atoms with Crippen LogP contribution in [-0.2, 0) is 11.2 Å². The Hall–Kier alpha value is 0.100. The molecule has 14 heavy (non-hydrogen) atoms. The molecule has 2 nitrogen and oxygen atoms in total. The molecule has 0 aromatic carbocycles. The van der Waals surface area contributed by atoms with Crippen molar-refractivity contribution in [2.75, 3.05) is 13.2 Å². The molecule has 0 saturated carbocycles. The third kappa shape index (κ3) is 3.69. The molecule has 0 aliphatic carbocycles. The molecule has 0 fully saturated rings. The topological polar surface area (TPSA) is 35.2 Å². The molecule has 0 saturated heterocycles. The Morgan fingerprint density at radius 3 is 2.86 bits per heavy atom. The highest BCUT2D eigenvalue weighted by Gasteiger charge is 2.21. The average Bonchev–Trinajstić information content (AvgIpc) is 2.48. The van der Waals surface area contributed by atoms with Crippen LogP contribution in [0.5, 0.6) is 0 Å². The molecule has 1 aromatic rings. The Kier molecular flexibility index (Phi) is 4.57. The van der Waals surface area contributed by atoms with Crippen molar-refractivity contribution in [3.05, 3.63) is 20.8 Å². The Bertz CT molecular complexity index is 285. The summed E-state index contributed by atoms with van der Waals surface area (Å²) in [5.41, 5.74) is 5.85. The number of rotatable bonds is 5. The van der Waals surface area contributed by atoms with E-state index in [0.29, 0.717) is 6.61 Å². The molecule has 0 amide bonds. The van der Waals surface area contributed by atoms with Crippen LogP contribution in [-0.4, -0.2) is 18.8 Å². The minimum absolute atomic E-state index is 0.274. The number of nitrogens with two attached hydrogens (primary N) is 1. The van der Waals surface area contributed by atoms with Crippen molar-refractivity contribution in [3.8, 4) is 0 Å². The van der Waals surface area contributed by atoms with Gasteiger partial charge in [0.1, 0.15) is 0 Å². The van der Waals surface area contributed by atoms with Gasteiger partial charge in [-0.25, -0.2) is 0 Å². The van der Waals surface area contributed by atoms with Gasteiger partial charge in [0.05, 0.1) is 6.61 Å². The second kappa shape index (κ2) is 5.26. The molecule has 1 rings (SSSR count). The van der Waals surface area contributed by atoms with E-state index < -0.39 is 0 Å². The van der Waals surface area contributed by atoms with E-state index in [0.717, 1.165) is 17.5 Å². The quantitative estimate of drug-likeness (QED) is 0.899. The van der Waals surface area contributed by atoms with Crippen LogP contribution < -0.4 is 5.73 Å². The van der Waals surface area contributed by atoms with Crippen molar-refractivity contribution in [3.63, 3.8) is 0 Å². The molecule has 4 heteroatoms. The molecule has 1 unspecified atom stereocenters. The lowest BCUT2D eigenvalue weighted by Crippen LogP contribution is -2.43. The van der Waals surface area contributed by atoms with Gasteiger partial charge in [0.15, 0.2) is 0 Å². The zero-order valence-electron chi connectivity index (χ0n) is 8.55. The summed E-state index contributed by atoms with van der Waals surface area (Å²) in [5.74, 6) is 0. The fraction of sp³-hybridized carbons (Fsp3) is 0.600. The first-order valence-corrected chi connectivity index (χ1v) is 6.31. The molecule has 2 N–H and O–H groups in total. The summed E-state index contributed by atoms with van der Waals surface area (Å²) in [4.78, 5) is 1.29. The minimum Gasteiger partial charge on any atom is -0.380 e. The molecule has 0 aliphatic rings. The first kappa shape index (κ1) is 12.2. The van der Waals surface area contributed by atoms with E-state index in [4.69, 9.17) is 10.5 Å². The van der Waals surface area contributed by atoms with Gasteiger partial charge in [-0.2, -0.15) is 0 Å². The van der Waals surface area contributed by atoms with Crippen LogP contribution in [0, 0.1) is 0 Å². The molecule has 1 aromatic heterocycles. The highest BCUT2D eigenvalue weighted by atomic mass is 79.9. The molecule has 80 valence electrons. The van der Waals surface area contributed by atoms with E-state index in [1.54, 1.807) is 11.3 Å². The van der Waals surface area contributed by atoms with E-state index in [9.17, 15) is 0 Å². The van der Waals surface area contributed by atoms with Crippen molar-refractivity contribution in [2.24, 2.45) is 5.73 Å². The molecule has 1 heterocycles. The number of ether oxygens (including phenoxy) is 1. The van der Waals surface area contributed by atoms with Crippen LogP contribution in [0.15, 0.2) is 15.9 Å². The lowest BCUT2D eigenvalue weighted by molar-refractivity contribution is 0.102. The summed E-state index contributed by atoms with van der Waals surface area (Å²) in [5, 5.41) is 2.07. The maximum atomic E-state index is 6.12. The Balaban J connectivity index is 2.54. The van der Waals surface area contributed by atoms with Crippen LogP contribution in [0.25, 0.3) is 0 Å². The number of hydrogen-bond acceptors (Lipinski definition) is 3. The summed E-state index contributed by atoms with van der Waals surface area (Å²) in [6.07, 6.45) is 0.852. The number of hydrogen-bond donors (Lipinski definition) is 1. The third-order valence-corrected chi connectivity index (χ3v) is 3.82. The van der Waals surface area contributed by atoms with E-state index in [1.165, 1.54) is 4.88 Å². The van der Waals surface area contributed by atoms with Gasteiger partial charge in [0.25, 0.3) is 0 Å². The standard InChI is InChI=1S/C10H16BrNOS/c1-3-13-7-10(2,12)6-9-8(11)4-5-14-9/h4-5H,3,6-7,12H2,1-2H3. The maximum absolute atomic E-state index is 6.12. The van der Waals surface area contributed by atoms with Crippen LogP contribution in [0.4, 0.5) is 0 Å². The van der Waals surface area contributed by atoms with Gasteiger partial charge in [-0.1, -0.05) is 0 Å². The zero-order valence-corrected chi connectivity index (χ0v) is 11.0. The highest BCUT2D eigenvalue weighted by molar-refractivity contribution is 9.10. The van der Waals surface area contributed by atoms with Crippen LogP contribution >= 0.6 is 27.3 Å². The molecule has 0 spiro atoms. The van der Waals surface area contributed by atoms with Gasteiger partial charge in [0.2, 0.25) is 0 Å². The Labute approximate surface area is 97.6 Å². The SMILES string of the molecule is CCOCC(C)(N)Cc1sccc1Br. The van der Waals surface area contributed by atoms with E-state index in [2.05, 4.69) is 27.4 Å². The monoisotopic (exact) mass is 277 g/mol. The number of thiophene rings is 1. The van der Waals surface area contributed by atoms with Crippen LogP contribution in [0.2, 0.25) is 0 Å². The predicted octanol–water partition coefficient (Wildman–Crippen LogP) is 2.81. The fourth-order valence-electron chi connectivity index (χ4n) is 1.20. The summed E-state index contributed by atoms with van der Waals surface area (Å²) in [6.45, 7) is 5.33. The summed E-state index contributed by atoms with van der Waals surface area (Å²) in [6, 6.07) is 2.05. The van der Waals surface area contributed by atoms with Crippen molar-refractivity contribution in [1.82, 2.24) is 0 Å².